The van der Waals surface area contributed by atoms with E-state index in [0.717, 1.165) is 0 Å². The van der Waals surface area contributed by atoms with Crippen molar-refractivity contribution in [2.75, 3.05) is 24.7 Å². The van der Waals surface area contributed by atoms with Crippen LogP contribution in [-0.2, 0) is 39.2 Å². The van der Waals surface area contributed by atoms with E-state index in [9.17, 15) is 14.6 Å². The Morgan fingerprint density at radius 3 is 2.58 bits per heavy atom. The molecular formula is C23H25BFN9O8P2S. The van der Waals surface area contributed by atoms with Crippen molar-refractivity contribution in [1.29, 1.82) is 0 Å². The number of hydrogen-bond donors (Lipinski definition) is 4. The SMILES string of the molecule is [B]P1(=O)OC[C@H]2O[C@@H](n3cnc4c(N)ncnc43)C(F)[C@H]2OP(O)(=S)OC[C@H]2C(=C)[C@@H](n3cnc4c(N)ccnc43)[C@@H](O)C2O1. The Morgan fingerprint density at radius 1 is 1.04 bits per heavy atom. The van der Waals surface area contributed by atoms with Crippen molar-refractivity contribution < 1.29 is 41.8 Å². The molecule has 236 valence electrons. The molecule has 1 saturated carbocycles. The van der Waals surface area contributed by atoms with Crippen molar-refractivity contribution in [3.8, 4) is 0 Å². The Bertz CT molecular complexity index is 1910. The number of hydrogen-bond acceptors (Lipinski definition) is 15. The first-order valence-electron chi connectivity index (χ1n) is 13.4. The highest BCUT2D eigenvalue weighted by molar-refractivity contribution is 8.07. The molecule has 3 aliphatic rings. The first-order valence-corrected chi connectivity index (χ1v) is 17.6. The number of imidazole rings is 2. The number of anilines is 2. The average molecular weight is 679 g/mol. The van der Waals surface area contributed by atoms with E-state index in [1.807, 2.05) is 0 Å². The molecule has 10 atom stereocenters. The molecule has 0 aromatic carbocycles. The van der Waals surface area contributed by atoms with E-state index in [-0.39, 0.29) is 17.0 Å². The molecule has 4 unspecified atom stereocenters. The molecule has 4 aromatic heterocycles. The van der Waals surface area contributed by atoms with Gasteiger partial charge in [0, 0.05) is 12.1 Å². The number of nitrogen functional groups attached to an aromatic ring is 2. The Morgan fingerprint density at radius 2 is 1.78 bits per heavy atom. The molecule has 45 heavy (non-hydrogen) atoms. The van der Waals surface area contributed by atoms with Crippen molar-refractivity contribution >= 4 is 67.4 Å². The van der Waals surface area contributed by atoms with Gasteiger partial charge in [0.1, 0.15) is 41.8 Å². The second-order valence-electron chi connectivity index (χ2n) is 10.7. The summed E-state index contributed by atoms with van der Waals surface area (Å²) in [6.07, 6.45) is -3.71. The third-order valence-corrected chi connectivity index (χ3v) is 10.6. The van der Waals surface area contributed by atoms with Crippen LogP contribution in [0.25, 0.3) is 22.3 Å². The third-order valence-electron chi connectivity index (χ3n) is 7.99. The molecule has 4 aromatic rings. The van der Waals surface area contributed by atoms with E-state index in [4.69, 9.17) is 53.7 Å². The highest BCUT2D eigenvalue weighted by atomic mass is 32.5. The zero-order valence-electron chi connectivity index (χ0n) is 23.0. The van der Waals surface area contributed by atoms with Crippen LogP contribution in [0, 0.1) is 5.92 Å². The molecule has 22 heteroatoms. The fourth-order valence-corrected chi connectivity index (χ4v) is 8.35. The number of aliphatic hydroxyl groups is 1. The topological polar surface area (TPSA) is 230 Å². The summed E-state index contributed by atoms with van der Waals surface area (Å²) < 4.78 is 60.6. The number of nitrogens with zero attached hydrogens (tertiary/aromatic N) is 7. The summed E-state index contributed by atoms with van der Waals surface area (Å²) in [5.74, 6) is -0.884. The lowest BCUT2D eigenvalue weighted by Gasteiger charge is -2.31. The lowest BCUT2D eigenvalue weighted by atomic mass is 10.0. The van der Waals surface area contributed by atoms with Crippen LogP contribution < -0.4 is 11.5 Å². The van der Waals surface area contributed by atoms with Crippen LogP contribution in [0.4, 0.5) is 15.9 Å². The van der Waals surface area contributed by atoms with Crippen molar-refractivity contribution in [3.05, 3.63) is 43.4 Å². The van der Waals surface area contributed by atoms with Gasteiger partial charge in [-0.2, -0.15) is 0 Å². The van der Waals surface area contributed by atoms with Gasteiger partial charge >= 0.3 is 6.72 Å². The first kappa shape index (κ1) is 30.7. The second-order valence-corrected chi connectivity index (χ2v) is 15.0. The van der Waals surface area contributed by atoms with Crippen LogP contribution >= 0.6 is 14.2 Å². The van der Waals surface area contributed by atoms with Crippen LogP contribution in [0.3, 0.4) is 0 Å². The zero-order chi connectivity index (χ0) is 31.8. The molecule has 2 radical (unpaired) electrons. The molecular weight excluding hydrogens is 654 g/mol. The van der Waals surface area contributed by atoms with Gasteiger partial charge in [-0.05, 0) is 23.4 Å². The summed E-state index contributed by atoms with van der Waals surface area (Å²) in [5.41, 5.74) is 13.7. The van der Waals surface area contributed by atoms with Gasteiger partial charge in [0.25, 0.3) is 7.47 Å². The largest absolute Gasteiger partial charge is 0.397 e. The molecule has 7 rings (SSSR count). The Hall–Kier alpha value is -2.90. The molecule has 0 bridgehead atoms. The standard InChI is InChI=1S/C23H25BFN9O8P2S/c1-9-10-4-39-44(37,45)42-19-12(40-23(13(19)25)34-8-32-15-20(27)29-6-30-22(15)34)5-38-43(24,36)41-18(10)17(35)16(9)33-7-31-14-11(26)2-3-28-21(14)33/h2-3,6-8,10,12-13,16-19,23,35H,1,4-5H2,(H2,26,28)(H,37,45)(H2,27,29,30)/t10-,12+,13?,16+,17+,18?,19-,23+,43?,44?/m0/s1. The van der Waals surface area contributed by atoms with Crippen molar-refractivity contribution in [3.63, 3.8) is 0 Å². The lowest BCUT2D eigenvalue weighted by Crippen LogP contribution is -2.36. The number of pyridine rings is 1. The molecule has 0 amide bonds. The highest BCUT2D eigenvalue weighted by Gasteiger charge is 2.53. The maximum atomic E-state index is 16.0. The Labute approximate surface area is 259 Å². The number of ether oxygens (including phenoxy) is 1. The number of alkyl halides is 1. The van der Waals surface area contributed by atoms with Crippen molar-refractivity contribution in [1.82, 2.24) is 34.1 Å². The number of fused-ring (bicyclic) bond motifs is 4. The summed E-state index contributed by atoms with van der Waals surface area (Å²) in [5, 5.41) is 11.5. The average Bonchev–Trinajstić information content (AvgIpc) is 3.72. The molecule has 2 aliphatic heterocycles. The number of aromatic nitrogens is 7. The van der Waals surface area contributed by atoms with Gasteiger partial charge < -0.3 is 44.3 Å². The fraction of sp³-hybridized carbons (Fsp3) is 0.435. The number of aliphatic hydroxyl groups excluding tert-OH is 1. The smallest absolute Gasteiger partial charge is 0.325 e. The Balaban J connectivity index is 1.19. The van der Waals surface area contributed by atoms with Crippen LogP contribution in [0.15, 0.2) is 43.4 Å². The molecule has 3 fully saturated rings. The second kappa shape index (κ2) is 11.1. The molecule has 17 nitrogen and oxygen atoms in total. The van der Waals surface area contributed by atoms with E-state index in [0.29, 0.717) is 22.4 Å². The fourth-order valence-electron chi connectivity index (χ4n) is 5.88. The third kappa shape index (κ3) is 5.28. The highest BCUT2D eigenvalue weighted by Crippen LogP contribution is 2.56. The van der Waals surface area contributed by atoms with Crippen LogP contribution in [0.5, 0.6) is 0 Å². The quantitative estimate of drug-likeness (QED) is 0.132. The van der Waals surface area contributed by atoms with Gasteiger partial charge in [0.15, 0.2) is 29.5 Å². The lowest BCUT2D eigenvalue weighted by molar-refractivity contribution is -0.0486. The number of rotatable bonds is 2. The van der Waals surface area contributed by atoms with Crippen LogP contribution in [0.1, 0.15) is 12.3 Å². The molecule has 2 saturated heterocycles. The molecule has 1 aliphatic carbocycles. The summed E-state index contributed by atoms with van der Waals surface area (Å²) in [7, 11) is 1.50. The summed E-state index contributed by atoms with van der Waals surface area (Å²) in [4.78, 5) is 31.7. The number of nitrogens with two attached hydrogens (primary N) is 2. The van der Waals surface area contributed by atoms with E-state index in [1.54, 1.807) is 6.07 Å². The van der Waals surface area contributed by atoms with E-state index in [1.165, 1.54) is 34.3 Å². The zero-order valence-corrected chi connectivity index (χ0v) is 25.6. The molecule has 0 spiro atoms. The van der Waals surface area contributed by atoms with Crippen molar-refractivity contribution in [2.45, 2.75) is 42.9 Å². The summed E-state index contributed by atoms with van der Waals surface area (Å²) in [6.45, 7) is -1.15. The number of halogens is 1. The summed E-state index contributed by atoms with van der Waals surface area (Å²) in [6, 6.07) is 0.650. The predicted octanol–water partition coefficient (Wildman–Crippen LogP) is 1.07. The molecule has 6 N–H and O–H groups in total. The van der Waals surface area contributed by atoms with Gasteiger partial charge in [0.2, 0.25) is 7.57 Å². The normalized spacial score (nSPS) is 37.7. The van der Waals surface area contributed by atoms with Crippen LogP contribution in [-0.4, -0.2) is 95.4 Å². The van der Waals surface area contributed by atoms with Gasteiger partial charge in [-0.25, -0.2) is 29.3 Å². The van der Waals surface area contributed by atoms with Gasteiger partial charge in [-0.15, -0.1) is 0 Å². The maximum absolute atomic E-state index is 16.0. The summed E-state index contributed by atoms with van der Waals surface area (Å²) >= 11 is 5.25. The van der Waals surface area contributed by atoms with Gasteiger partial charge in [-0.1, -0.05) is 6.58 Å². The monoisotopic (exact) mass is 679 g/mol. The minimum absolute atomic E-state index is 0.0666. The van der Waals surface area contributed by atoms with Crippen LogP contribution in [0.2, 0.25) is 0 Å². The molecule has 6 heterocycles. The Kier molecular flexibility index (Phi) is 7.60. The minimum atomic E-state index is -4.47. The van der Waals surface area contributed by atoms with Crippen molar-refractivity contribution in [2.24, 2.45) is 5.92 Å². The van der Waals surface area contributed by atoms with E-state index >= 15 is 4.39 Å². The predicted molar refractivity (Wildman–Crippen MR) is 160 cm³/mol. The maximum Gasteiger partial charge on any atom is 0.325 e. The first-order chi connectivity index (χ1) is 21.3. The minimum Gasteiger partial charge on any atom is -0.397 e. The van der Waals surface area contributed by atoms with Gasteiger partial charge in [-0.3, -0.25) is 13.7 Å². The van der Waals surface area contributed by atoms with E-state index < -0.39 is 76.2 Å². The van der Waals surface area contributed by atoms with E-state index in [2.05, 4.69) is 31.5 Å². The van der Waals surface area contributed by atoms with Gasteiger partial charge in [0.05, 0.1) is 37.6 Å².